The predicted molar refractivity (Wildman–Crippen MR) is 92.4 cm³/mol. The third kappa shape index (κ3) is 3.42. The summed E-state index contributed by atoms with van der Waals surface area (Å²) < 4.78 is 1.97. The molecule has 1 amide bonds. The molecule has 0 saturated heterocycles. The van der Waals surface area contributed by atoms with Gasteiger partial charge in [-0.1, -0.05) is 18.2 Å². The summed E-state index contributed by atoms with van der Waals surface area (Å²) in [7, 11) is 0. The van der Waals surface area contributed by atoms with Crippen LogP contribution in [0.4, 0.5) is 0 Å². The Labute approximate surface area is 139 Å². The number of fused-ring (bicyclic) bond motifs is 1. The highest BCUT2D eigenvalue weighted by molar-refractivity contribution is 7.09. The summed E-state index contributed by atoms with van der Waals surface area (Å²) >= 11 is 1.61. The number of amides is 1. The molecule has 1 aromatic carbocycles. The third-order valence-electron chi connectivity index (χ3n) is 3.91. The van der Waals surface area contributed by atoms with Gasteiger partial charge >= 0.3 is 0 Å². The summed E-state index contributed by atoms with van der Waals surface area (Å²) in [6.45, 7) is 5.33. The lowest BCUT2D eigenvalue weighted by Gasteiger charge is -2.03. The molecule has 5 nitrogen and oxygen atoms in total. The quantitative estimate of drug-likeness (QED) is 0.756. The van der Waals surface area contributed by atoms with E-state index in [0.29, 0.717) is 13.0 Å². The van der Waals surface area contributed by atoms with Gasteiger partial charge in [0.25, 0.3) is 0 Å². The summed E-state index contributed by atoms with van der Waals surface area (Å²) in [4.78, 5) is 17.5. The van der Waals surface area contributed by atoms with Gasteiger partial charge in [0.05, 0.1) is 29.0 Å². The first-order chi connectivity index (χ1) is 11.2. The molecule has 1 N–H and O–H groups in total. The molecule has 0 aliphatic heterocycles. The zero-order valence-electron chi connectivity index (χ0n) is 13.4. The number of hydrogen-bond donors (Lipinski definition) is 1. The van der Waals surface area contributed by atoms with Crippen LogP contribution in [0.25, 0.3) is 10.9 Å². The molecule has 3 rings (SSSR count). The highest BCUT2D eigenvalue weighted by Gasteiger charge is 2.11. The normalized spacial score (nSPS) is 11.0. The lowest BCUT2D eigenvalue weighted by molar-refractivity contribution is -0.121. The maximum atomic E-state index is 12.1. The van der Waals surface area contributed by atoms with Gasteiger partial charge in [-0.05, 0) is 26.3 Å². The van der Waals surface area contributed by atoms with Gasteiger partial charge in [0, 0.05) is 23.2 Å². The molecule has 23 heavy (non-hydrogen) atoms. The molecule has 6 heteroatoms. The summed E-state index contributed by atoms with van der Waals surface area (Å²) in [6, 6.07) is 8.12. The van der Waals surface area contributed by atoms with Crippen LogP contribution in [-0.4, -0.2) is 20.7 Å². The number of benzene rings is 1. The highest BCUT2D eigenvalue weighted by Crippen LogP contribution is 2.18. The largest absolute Gasteiger partial charge is 0.350 e. The lowest BCUT2D eigenvalue weighted by atomic mass is 10.2. The van der Waals surface area contributed by atoms with E-state index < -0.39 is 0 Å². The van der Waals surface area contributed by atoms with Gasteiger partial charge < -0.3 is 5.32 Å². The number of aryl methyl sites for hydroxylation is 3. The fourth-order valence-electron chi connectivity index (χ4n) is 2.63. The van der Waals surface area contributed by atoms with Crippen molar-refractivity contribution >= 4 is 28.1 Å². The Morgan fingerprint density at radius 3 is 2.91 bits per heavy atom. The van der Waals surface area contributed by atoms with E-state index in [-0.39, 0.29) is 5.91 Å². The van der Waals surface area contributed by atoms with Crippen molar-refractivity contribution < 1.29 is 4.79 Å². The van der Waals surface area contributed by atoms with Crippen LogP contribution in [0.5, 0.6) is 0 Å². The van der Waals surface area contributed by atoms with Crippen molar-refractivity contribution in [1.82, 2.24) is 20.1 Å². The summed E-state index contributed by atoms with van der Waals surface area (Å²) in [5, 5.41) is 8.68. The first kappa shape index (κ1) is 15.7. The van der Waals surface area contributed by atoms with Crippen LogP contribution in [-0.2, 0) is 24.3 Å². The fraction of sp³-hybridized carbons (Fsp3) is 0.353. The van der Waals surface area contributed by atoms with Gasteiger partial charge in [0.15, 0.2) is 0 Å². The molecular formula is C17H20N4OS. The second-order valence-corrected chi connectivity index (χ2v) is 6.36. The van der Waals surface area contributed by atoms with E-state index in [1.54, 1.807) is 11.3 Å². The molecule has 0 aliphatic carbocycles. The van der Waals surface area contributed by atoms with Crippen LogP contribution in [0.3, 0.4) is 0 Å². The number of hydrogen-bond acceptors (Lipinski definition) is 4. The zero-order chi connectivity index (χ0) is 16.2. The standard InChI is InChI=1S/C17H20N4OS/c1-3-21-15-7-5-4-6-13(15)14(20-21)10-18-17(22)9-8-16-12(2)19-11-23-16/h4-7,11H,3,8-10H2,1-2H3,(H,18,22). The lowest BCUT2D eigenvalue weighted by Crippen LogP contribution is -2.23. The van der Waals surface area contributed by atoms with Crippen molar-refractivity contribution in [3.63, 3.8) is 0 Å². The summed E-state index contributed by atoms with van der Waals surface area (Å²) in [5.74, 6) is 0.0490. The Morgan fingerprint density at radius 2 is 2.17 bits per heavy atom. The Morgan fingerprint density at radius 1 is 1.35 bits per heavy atom. The maximum Gasteiger partial charge on any atom is 0.220 e. The van der Waals surface area contributed by atoms with Crippen molar-refractivity contribution in [3.8, 4) is 0 Å². The van der Waals surface area contributed by atoms with E-state index in [0.717, 1.165) is 35.3 Å². The monoisotopic (exact) mass is 328 g/mol. The van der Waals surface area contributed by atoms with Crippen LogP contribution < -0.4 is 5.32 Å². The van der Waals surface area contributed by atoms with Crippen molar-refractivity contribution in [2.75, 3.05) is 0 Å². The molecule has 2 aromatic heterocycles. The van der Waals surface area contributed by atoms with Crippen LogP contribution >= 0.6 is 11.3 Å². The number of carbonyl (C=O) groups excluding carboxylic acids is 1. The molecule has 0 radical (unpaired) electrons. The molecule has 0 atom stereocenters. The van der Waals surface area contributed by atoms with Gasteiger partial charge in [-0.15, -0.1) is 11.3 Å². The van der Waals surface area contributed by atoms with Gasteiger partial charge in [0.2, 0.25) is 5.91 Å². The van der Waals surface area contributed by atoms with Crippen LogP contribution in [0.2, 0.25) is 0 Å². The summed E-state index contributed by atoms with van der Waals surface area (Å²) in [6.07, 6.45) is 1.22. The van der Waals surface area contributed by atoms with Crippen molar-refractivity contribution in [2.45, 2.75) is 39.8 Å². The third-order valence-corrected chi connectivity index (χ3v) is 4.91. The van der Waals surface area contributed by atoms with Crippen molar-refractivity contribution in [1.29, 1.82) is 0 Å². The number of para-hydroxylation sites is 1. The van der Waals surface area contributed by atoms with Crippen molar-refractivity contribution in [3.05, 3.63) is 46.0 Å². The first-order valence-electron chi connectivity index (χ1n) is 7.79. The molecule has 0 unspecified atom stereocenters. The van der Waals surface area contributed by atoms with E-state index in [1.807, 2.05) is 29.2 Å². The average Bonchev–Trinajstić information content (AvgIpc) is 3.14. The Balaban J connectivity index is 1.62. The van der Waals surface area contributed by atoms with Gasteiger partial charge in [-0.3, -0.25) is 9.48 Å². The smallest absolute Gasteiger partial charge is 0.220 e. The number of carbonyl (C=O) groups is 1. The van der Waals surface area contributed by atoms with E-state index in [9.17, 15) is 4.79 Å². The fourth-order valence-corrected chi connectivity index (χ4v) is 3.41. The van der Waals surface area contributed by atoms with Gasteiger partial charge in [-0.25, -0.2) is 4.98 Å². The van der Waals surface area contributed by atoms with Crippen molar-refractivity contribution in [2.24, 2.45) is 0 Å². The minimum atomic E-state index is 0.0490. The molecule has 2 heterocycles. The van der Waals surface area contributed by atoms with E-state index in [4.69, 9.17) is 0 Å². The second-order valence-electron chi connectivity index (χ2n) is 5.42. The van der Waals surface area contributed by atoms with Gasteiger partial charge in [0.1, 0.15) is 0 Å². The molecular weight excluding hydrogens is 308 g/mol. The minimum absolute atomic E-state index is 0.0490. The highest BCUT2D eigenvalue weighted by atomic mass is 32.1. The number of aromatic nitrogens is 3. The molecule has 0 aliphatic rings. The SMILES string of the molecule is CCn1nc(CNC(=O)CCc2scnc2C)c2ccccc21. The topological polar surface area (TPSA) is 59.8 Å². The maximum absolute atomic E-state index is 12.1. The van der Waals surface area contributed by atoms with E-state index in [1.165, 1.54) is 4.88 Å². The Hall–Kier alpha value is -2.21. The van der Waals surface area contributed by atoms with Crippen LogP contribution in [0.15, 0.2) is 29.8 Å². The first-order valence-corrected chi connectivity index (χ1v) is 8.67. The van der Waals surface area contributed by atoms with Crippen LogP contribution in [0.1, 0.15) is 29.6 Å². The number of nitrogens with zero attached hydrogens (tertiary/aromatic N) is 3. The van der Waals surface area contributed by atoms with Gasteiger partial charge in [-0.2, -0.15) is 5.10 Å². The molecule has 0 fully saturated rings. The Kier molecular flexibility index (Phi) is 4.71. The average molecular weight is 328 g/mol. The molecule has 0 saturated carbocycles. The Bertz CT molecular complexity index is 821. The number of nitrogens with one attached hydrogen (secondary N) is 1. The number of thiazole rings is 1. The summed E-state index contributed by atoms with van der Waals surface area (Å²) in [5.41, 5.74) is 4.88. The molecule has 0 spiro atoms. The molecule has 3 aromatic rings. The van der Waals surface area contributed by atoms with E-state index in [2.05, 4.69) is 34.5 Å². The number of rotatable bonds is 6. The second kappa shape index (κ2) is 6.91. The molecule has 0 bridgehead atoms. The molecule has 120 valence electrons. The minimum Gasteiger partial charge on any atom is -0.350 e. The van der Waals surface area contributed by atoms with Crippen LogP contribution in [0, 0.1) is 6.92 Å². The van der Waals surface area contributed by atoms with E-state index >= 15 is 0 Å². The predicted octanol–water partition coefficient (Wildman–Crippen LogP) is 3.07. The zero-order valence-corrected chi connectivity index (χ0v) is 14.2.